The number of H-pyrrole nitrogens is 1. The predicted molar refractivity (Wildman–Crippen MR) is 100 cm³/mol. The van der Waals surface area contributed by atoms with E-state index in [2.05, 4.69) is 44.8 Å². The molecule has 0 saturated heterocycles. The third-order valence-electron chi connectivity index (χ3n) is 4.37. The second-order valence-electron chi connectivity index (χ2n) is 7.43. The van der Waals surface area contributed by atoms with Crippen molar-refractivity contribution in [1.29, 1.82) is 0 Å². The minimum absolute atomic E-state index is 0.0428. The highest BCUT2D eigenvalue weighted by atomic mass is 16.5. The van der Waals surface area contributed by atoms with Gasteiger partial charge in [-0.3, -0.25) is 9.89 Å². The standard InChI is InChI=1S/C20H29N3O2/c1-6-16(7-2)25-17-11-14(19(21)24)9-8-13(17)10-15-12-22-23-18(15)20(3,4)5/h8-9,11-12,16H,6-7,10H2,1-5H3,(H2,21,24)(H,22,23). The van der Waals surface area contributed by atoms with Crippen LogP contribution in [-0.2, 0) is 11.8 Å². The fourth-order valence-corrected chi connectivity index (χ4v) is 2.90. The lowest BCUT2D eigenvalue weighted by Gasteiger charge is -2.21. The molecule has 136 valence electrons. The van der Waals surface area contributed by atoms with E-state index < -0.39 is 5.91 Å². The number of nitrogens with zero attached hydrogens (tertiary/aromatic N) is 1. The summed E-state index contributed by atoms with van der Waals surface area (Å²) in [6.07, 6.45) is 4.57. The van der Waals surface area contributed by atoms with E-state index in [-0.39, 0.29) is 11.5 Å². The van der Waals surface area contributed by atoms with Crippen LogP contribution >= 0.6 is 0 Å². The largest absolute Gasteiger partial charge is 0.490 e. The third kappa shape index (κ3) is 4.62. The van der Waals surface area contributed by atoms with E-state index in [0.717, 1.165) is 35.4 Å². The Kier molecular flexibility index (Phi) is 5.88. The van der Waals surface area contributed by atoms with Crippen LogP contribution in [0.5, 0.6) is 5.75 Å². The van der Waals surface area contributed by atoms with Gasteiger partial charge in [0.05, 0.1) is 11.8 Å². The monoisotopic (exact) mass is 343 g/mol. The van der Waals surface area contributed by atoms with E-state index in [9.17, 15) is 4.79 Å². The van der Waals surface area contributed by atoms with Crippen LogP contribution in [0.25, 0.3) is 0 Å². The molecule has 0 aliphatic heterocycles. The van der Waals surface area contributed by atoms with E-state index >= 15 is 0 Å². The van der Waals surface area contributed by atoms with Crippen molar-refractivity contribution >= 4 is 5.91 Å². The summed E-state index contributed by atoms with van der Waals surface area (Å²) >= 11 is 0. The van der Waals surface area contributed by atoms with Gasteiger partial charge in [0.2, 0.25) is 5.91 Å². The molecular formula is C20H29N3O2. The minimum atomic E-state index is -0.445. The average molecular weight is 343 g/mol. The normalized spacial score (nSPS) is 11.8. The van der Waals surface area contributed by atoms with Gasteiger partial charge in [-0.2, -0.15) is 5.10 Å². The van der Waals surface area contributed by atoms with Gasteiger partial charge in [0, 0.05) is 23.6 Å². The quantitative estimate of drug-likeness (QED) is 0.798. The van der Waals surface area contributed by atoms with Crippen molar-refractivity contribution in [3.8, 4) is 5.75 Å². The Labute approximate surface area is 150 Å². The fourth-order valence-electron chi connectivity index (χ4n) is 2.90. The molecule has 0 fully saturated rings. The molecule has 0 radical (unpaired) electrons. The number of benzene rings is 1. The third-order valence-corrected chi connectivity index (χ3v) is 4.37. The Morgan fingerprint density at radius 3 is 2.48 bits per heavy atom. The van der Waals surface area contributed by atoms with Gasteiger partial charge in [0.25, 0.3) is 0 Å². The highest BCUT2D eigenvalue weighted by Crippen LogP contribution is 2.30. The van der Waals surface area contributed by atoms with Gasteiger partial charge < -0.3 is 10.5 Å². The highest BCUT2D eigenvalue weighted by molar-refractivity contribution is 5.93. The molecule has 1 aromatic heterocycles. The SMILES string of the molecule is CCC(CC)Oc1cc(C(N)=O)ccc1Cc1c[nH]nc1C(C)(C)C. The lowest BCUT2D eigenvalue weighted by molar-refractivity contribution is 0.0999. The molecule has 3 N–H and O–H groups in total. The Hall–Kier alpha value is -2.30. The molecular weight excluding hydrogens is 314 g/mol. The summed E-state index contributed by atoms with van der Waals surface area (Å²) in [5, 5.41) is 7.38. The van der Waals surface area contributed by atoms with Crippen LogP contribution in [0, 0.1) is 0 Å². The van der Waals surface area contributed by atoms with Crippen molar-refractivity contribution in [2.45, 2.75) is 65.4 Å². The Balaban J connectivity index is 2.40. The zero-order chi connectivity index (χ0) is 18.6. The highest BCUT2D eigenvalue weighted by Gasteiger charge is 2.22. The Morgan fingerprint density at radius 2 is 1.92 bits per heavy atom. The molecule has 2 aromatic rings. The van der Waals surface area contributed by atoms with E-state index in [1.165, 1.54) is 0 Å². The number of carbonyl (C=O) groups is 1. The number of nitrogens with two attached hydrogens (primary N) is 1. The number of primary amides is 1. The number of nitrogens with one attached hydrogen (secondary N) is 1. The van der Waals surface area contributed by atoms with E-state index in [1.807, 2.05) is 12.3 Å². The van der Waals surface area contributed by atoms with E-state index in [0.29, 0.717) is 12.0 Å². The van der Waals surface area contributed by atoms with Gasteiger partial charge in [0.1, 0.15) is 5.75 Å². The van der Waals surface area contributed by atoms with Crippen molar-refractivity contribution in [3.63, 3.8) is 0 Å². The lowest BCUT2D eigenvalue weighted by atomic mass is 9.87. The van der Waals surface area contributed by atoms with Gasteiger partial charge in [-0.15, -0.1) is 0 Å². The average Bonchev–Trinajstić information content (AvgIpc) is 3.02. The second kappa shape index (κ2) is 7.72. The Bertz CT molecular complexity index is 725. The molecule has 0 aliphatic carbocycles. The number of hydrogen-bond acceptors (Lipinski definition) is 3. The minimum Gasteiger partial charge on any atom is -0.490 e. The summed E-state index contributed by atoms with van der Waals surface area (Å²) in [5.74, 6) is 0.283. The second-order valence-corrected chi connectivity index (χ2v) is 7.43. The summed E-state index contributed by atoms with van der Waals surface area (Å²) in [7, 11) is 0. The van der Waals surface area contributed by atoms with Gasteiger partial charge >= 0.3 is 0 Å². The van der Waals surface area contributed by atoms with Gasteiger partial charge in [-0.1, -0.05) is 40.7 Å². The predicted octanol–water partition coefficient (Wildman–Crippen LogP) is 3.96. The molecule has 5 nitrogen and oxygen atoms in total. The number of carbonyl (C=O) groups excluding carboxylic acids is 1. The van der Waals surface area contributed by atoms with Gasteiger partial charge in [-0.25, -0.2) is 0 Å². The zero-order valence-electron chi connectivity index (χ0n) is 15.8. The first kappa shape index (κ1) is 19.0. The number of amides is 1. The molecule has 1 aromatic carbocycles. The molecule has 5 heteroatoms. The Morgan fingerprint density at radius 1 is 1.24 bits per heavy atom. The van der Waals surface area contributed by atoms with Crippen molar-refractivity contribution < 1.29 is 9.53 Å². The van der Waals surface area contributed by atoms with Crippen LogP contribution in [-0.4, -0.2) is 22.2 Å². The summed E-state index contributed by atoms with van der Waals surface area (Å²) in [6.45, 7) is 10.6. The van der Waals surface area contributed by atoms with Crippen molar-refractivity contribution in [3.05, 3.63) is 46.8 Å². The molecule has 25 heavy (non-hydrogen) atoms. The fraction of sp³-hybridized carbons (Fsp3) is 0.500. The van der Waals surface area contributed by atoms with Crippen LogP contribution in [0.2, 0.25) is 0 Å². The van der Waals surface area contributed by atoms with Crippen LogP contribution in [0.3, 0.4) is 0 Å². The number of rotatable bonds is 7. The maximum absolute atomic E-state index is 11.5. The molecule has 0 spiro atoms. The topological polar surface area (TPSA) is 81.0 Å². The number of aromatic amines is 1. The first-order valence-corrected chi connectivity index (χ1v) is 8.88. The summed E-state index contributed by atoms with van der Waals surface area (Å²) in [6, 6.07) is 5.44. The summed E-state index contributed by atoms with van der Waals surface area (Å²) in [4.78, 5) is 11.5. The van der Waals surface area contributed by atoms with Crippen molar-refractivity contribution in [2.75, 3.05) is 0 Å². The van der Waals surface area contributed by atoms with Gasteiger partial charge in [-0.05, 0) is 36.1 Å². The smallest absolute Gasteiger partial charge is 0.248 e. The number of aromatic nitrogens is 2. The molecule has 1 amide bonds. The van der Waals surface area contributed by atoms with Crippen LogP contribution in [0.15, 0.2) is 24.4 Å². The van der Waals surface area contributed by atoms with Crippen LogP contribution in [0.1, 0.15) is 74.6 Å². The van der Waals surface area contributed by atoms with Crippen LogP contribution < -0.4 is 10.5 Å². The zero-order valence-corrected chi connectivity index (χ0v) is 15.8. The molecule has 0 atom stereocenters. The summed E-state index contributed by atoms with van der Waals surface area (Å²) in [5.41, 5.74) is 9.07. The number of hydrogen-bond donors (Lipinski definition) is 2. The first-order valence-electron chi connectivity index (χ1n) is 8.88. The van der Waals surface area contributed by atoms with Crippen molar-refractivity contribution in [2.24, 2.45) is 5.73 Å². The molecule has 0 saturated carbocycles. The lowest BCUT2D eigenvalue weighted by Crippen LogP contribution is -2.17. The molecule has 0 bridgehead atoms. The first-order chi connectivity index (χ1) is 11.8. The summed E-state index contributed by atoms with van der Waals surface area (Å²) < 4.78 is 6.17. The van der Waals surface area contributed by atoms with E-state index in [4.69, 9.17) is 10.5 Å². The molecule has 0 aliphatic rings. The van der Waals surface area contributed by atoms with Gasteiger partial charge in [0.15, 0.2) is 0 Å². The van der Waals surface area contributed by atoms with Crippen LogP contribution in [0.4, 0.5) is 0 Å². The number of ether oxygens (including phenoxy) is 1. The molecule has 2 rings (SSSR count). The molecule has 1 heterocycles. The maximum atomic E-state index is 11.5. The molecule has 0 unspecified atom stereocenters. The van der Waals surface area contributed by atoms with E-state index in [1.54, 1.807) is 12.1 Å². The van der Waals surface area contributed by atoms with Crippen molar-refractivity contribution in [1.82, 2.24) is 10.2 Å². The maximum Gasteiger partial charge on any atom is 0.248 e.